The summed E-state index contributed by atoms with van der Waals surface area (Å²) in [4.78, 5) is 0. The highest BCUT2D eigenvalue weighted by Gasteiger charge is 2.40. The van der Waals surface area contributed by atoms with Crippen LogP contribution in [0.5, 0.6) is 0 Å². The summed E-state index contributed by atoms with van der Waals surface area (Å²) in [6.45, 7) is 0. The maximum absolute atomic E-state index is 13.3. The SMILES string of the molecule is OC1(Cc2ccc(Br)c(F)c2Cl)CC1. The quantitative estimate of drug-likeness (QED) is 0.824. The summed E-state index contributed by atoms with van der Waals surface area (Å²) in [5, 5.41) is 9.78. The van der Waals surface area contributed by atoms with Crippen LogP contribution < -0.4 is 0 Å². The molecule has 0 spiro atoms. The Hall–Kier alpha value is -0.120. The van der Waals surface area contributed by atoms with Gasteiger partial charge in [-0.05, 0) is 40.4 Å². The van der Waals surface area contributed by atoms with Gasteiger partial charge in [-0.25, -0.2) is 4.39 Å². The van der Waals surface area contributed by atoms with Gasteiger partial charge in [0.05, 0.1) is 15.1 Å². The molecule has 4 heteroatoms. The van der Waals surface area contributed by atoms with E-state index in [-0.39, 0.29) is 5.02 Å². The van der Waals surface area contributed by atoms with Crippen LogP contribution in [-0.4, -0.2) is 10.7 Å². The average Bonchev–Trinajstić information content (AvgIpc) is 2.86. The van der Waals surface area contributed by atoms with Crippen LogP contribution in [0.4, 0.5) is 4.39 Å². The molecule has 1 aliphatic carbocycles. The molecule has 1 aromatic rings. The number of halogens is 3. The lowest BCUT2D eigenvalue weighted by Gasteiger charge is -2.10. The zero-order chi connectivity index (χ0) is 10.3. The summed E-state index contributed by atoms with van der Waals surface area (Å²) in [5.41, 5.74) is 0.0385. The van der Waals surface area contributed by atoms with Crippen LogP contribution in [0.2, 0.25) is 5.02 Å². The summed E-state index contributed by atoms with van der Waals surface area (Å²) in [6, 6.07) is 3.36. The van der Waals surface area contributed by atoms with Crippen LogP contribution >= 0.6 is 27.5 Å². The third kappa shape index (κ3) is 1.95. The van der Waals surface area contributed by atoms with Crippen LogP contribution in [0.15, 0.2) is 16.6 Å². The molecule has 1 fully saturated rings. The van der Waals surface area contributed by atoms with Crippen LogP contribution in [0.3, 0.4) is 0 Å². The molecule has 1 nitrogen and oxygen atoms in total. The molecular weight excluding hydrogens is 270 g/mol. The number of hydrogen-bond donors (Lipinski definition) is 1. The lowest BCUT2D eigenvalue weighted by atomic mass is 10.1. The van der Waals surface area contributed by atoms with Crippen LogP contribution in [0.1, 0.15) is 18.4 Å². The Labute approximate surface area is 95.0 Å². The third-order valence-corrected chi connectivity index (χ3v) is 3.48. The normalized spacial score (nSPS) is 18.3. The van der Waals surface area contributed by atoms with Gasteiger partial charge in [-0.15, -0.1) is 0 Å². The van der Waals surface area contributed by atoms with E-state index in [0.29, 0.717) is 16.5 Å². The van der Waals surface area contributed by atoms with Crippen molar-refractivity contribution in [3.05, 3.63) is 33.0 Å². The minimum absolute atomic E-state index is 0.111. The van der Waals surface area contributed by atoms with Gasteiger partial charge in [-0.3, -0.25) is 0 Å². The number of rotatable bonds is 2. The maximum Gasteiger partial charge on any atom is 0.156 e. The Kier molecular flexibility index (Phi) is 2.58. The van der Waals surface area contributed by atoms with Gasteiger partial charge in [0.2, 0.25) is 0 Å². The van der Waals surface area contributed by atoms with E-state index >= 15 is 0 Å². The Balaban J connectivity index is 2.30. The molecule has 2 rings (SSSR count). The topological polar surface area (TPSA) is 20.2 Å². The van der Waals surface area contributed by atoms with E-state index in [0.717, 1.165) is 12.8 Å². The van der Waals surface area contributed by atoms with E-state index in [1.165, 1.54) is 0 Å². The molecule has 0 unspecified atom stereocenters. The van der Waals surface area contributed by atoms with Gasteiger partial charge in [0, 0.05) is 6.42 Å². The molecular formula is C10H9BrClFO. The Morgan fingerprint density at radius 3 is 2.71 bits per heavy atom. The van der Waals surface area contributed by atoms with Crippen LogP contribution in [0, 0.1) is 5.82 Å². The van der Waals surface area contributed by atoms with E-state index in [4.69, 9.17) is 11.6 Å². The number of benzene rings is 1. The van der Waals surface area contributed by atoms with Crippen molar-refractivity contribution in [3.63, 3.8) is 0 Å². The Bertz CT molecular complexity index is 377. The fourth-order valence-electron chi connectivity index (χ4n) is 1.38. The maximum atomic E-state index is 13.3. The van der Waals surface area contributed by atoms with Crippen molar-refractivity contribution in [2.24, 2.45) is 0 Å². The molecule has 0 atom stereocenters. The molecule has 14 heavy (non-hydrogen) atoms. The lowest BCUT2D eigenvalue weighted by Crippen LogP contribution is -2.11. The summed E-state index contributed by atoms with van der Waals surface area (Å²) >= 11 is 8.87. The first-order valence-corrected chi connectivity index (χ1v) is 5.54. The first-order chi connectivity index (χ1) is 6.52. The minimum atomic E-state index is -0.635. The molecule has 0 aliphatic heterocycles. The van der Waals surface area contributed by atoms with Crippen molar-refractivity contribution in [2.45, 2.75) is 24.9 Å². The number of hydrogen-bond acceptors (Lipinski definition) is 1. The van der Waals surface area contributed by atoms with E-state index in [9.17, 15) is 9.50 Å². The predicted octanol–water partition coefficient (Wildman–Crippen LogP) is 3.31. The molecule has 0 aromatic heterocycles. The highest BCUT2D eigenvalue weighted by atomic mass is 79.9. The van der Waals surface area contributed by atoms with Gasteiger partial charge in [0.15, 0.2) is 5.82 Å². The second kappa shape index (κ2) is 3.47. The molecule has 1 aromatic carbocycles. The second-order valence-corrected chi connectivity index (χ2v) is 4.97. The summed E-state index contributed by atoms with van der Waals surface area (Å²) in [7, 11) is 0. The predicted molar refractivity (Wildman–Crippen MR) is 57.0 cm³/mol. The smallest absolute Gasteiger partial charge is 0.156 e. The fourth-order valence-corrected chi connectivity index (χ4v) is 2.05. The fraction of sp³-hybridized carbons (Fsp3) is 0.400. The van der Waals surface area contributed by atoms with Crippen LogP contribution in [0.25, 0.3) is 0 Å². The van der Waals surface area contributed by atoms with Crippen LogP contribution in [-0.2, 0) is 6.42 Å². The van der Waals surface area contributed by atoms with E-state index in [1.54, 1.807) is 12.1 Å². The second-order valence-electron chi connectivity index (χ2n) is 3.74. The van der Waals surface area contributed by atoms with Gasteiger partial charge in [-0.1, -0.05) is 17.7 Å². The highest BCUT2D eigenvalue weighted by molar-refractivity contribution is 9.10. The van der Waals surface area contributed by atoms with Crippen molar-refractivity contribution in [2.75, 3.05) is 0 Å². The van der Waals surface area contributed by atoms with Gasteiger partial charge >= 0.3 is 0 Å². The average molecular weight is 280 g/mol. The van der Waals surface area contributed by atoms with Crippen molar-refractivity contribution >= 4 is 27.5 Å². The van der Waals surface area contributed by atoms with E-state index in [2.05, 4.69) is 15.9 Å². The molecule has 0 radical (unpaired) electrons. The summed E-state index contributed by atoms with van der Waals surface area (Å²) in [6.07, 6.45) is 2.00. The monoisotopic (exact) mass is 278 g/mol. The highest BCUT2D eigenvalue weighted by Crippen LogP contribution is 2.40. The van der Waals surface area contributed by atoms with Crippen molar-refractivity contribution in [3.8, 4) is 0 Å². The van der Waals surface area contributed by atoms with Gasteiger partial charge in [0.25, 0.3) is 0 Å². The molecule has 0 saturated heterocycles. The zero-order valence-electron chi connectivity index (χ0n) is 7.36. The molecule has 0 amide bonds. The summed E-state index contributed by atoms with van der Waals surface area (Å²) in [5.74, 6) is -0.451. The summed E-state index contributed by atoms with van der Waals surface area (Å²) < 4.78 is 13.7. The Morgan fingerprint density at radius 1 is 1.50 bits per heavy atom. The molecule has 1 saturated carbocycles. The van der Waals surface area contributed by atoms with Crippen molar-refractivity contribution in [1.29, 1.82) is 0 Å². The first-order valence-electron chi connectivity index (χ1n) is 4.37. The largest absolute Gasteiger partial charge is 0.390 e. The molecule has 1 N–H and O–H groups in total. The standard InChI is InChI=1S/C10H9BrClFO/c11-7-2-1-6(8(12)9(7)13)5-10(14)3-4-10/h1-2,14H,3-5H2. The van der Waals surface area contributed by atoms with E-state index in [1.807, 2.05) is 0 Å². The minimum Gasteiger partial charge on any atom is -0.390 e. The molecule has 76 valence electrons. The third-order valence-electron chi connectivity index (χ3n) is 2.46. The van der Waals surface area contributed by atoms with Gasteiger partial charge in [0.1, 0.15) is 0 Å². The first kappa shape index (κ1) is 10.4. The molecule has 0 heterocycles. The number of aliphatic hydroxyl groups is 1. The van der Waals surface area contributed by atoms with Crippen molar-refractivity contribution in [1.82, 2.24) is 0 Å². The van der Waals surface area contributed by atoms with Crippen molar-refractivity contribution < 1.29 is 9.50 Å². The zero-order valence-corrected chi connectivity index (χ0v) is 9.70. The Morgan fingerprint density at radius 2 is 2.14 bits per heavy atom. The molecule has 0 bridgehead atoms. The lowest BCUT2D eigenvalue weighted by molar-refractivity contribution is 0.151. The van der Waals surface area contributed by atoms with Gasteiger partial charge < -0.3 is 5.11 Å². The molecule has 1 aliphatic rings. The van der Waals surface area contributed by atoms with E-state index < -0.39 is 11.4 Å². The van der Waals surface area contributed by atoms with Gasteiger partial charge in [-0.2, -0.15) is 0 Å².